The van der Waals surface area contributed by atoms with Crippen LogP contribution in [-0.2, 0) is 16.0 Å². The molecule has 2 amide bonds. The molecule has 1 saturated heterocycles. The number of hydrogen-bond donors (Lipinski definition) is 1. The predicted molar refractivity (Wildman–Crippen MR) is 91.1 cm³/mol. The third-order valence-corrected chi connectivity index (χ3v) is 4.37. The Morgan fingerprint density at radius 2 is 1.74 bits per heavy atom. The molecule has 0 saturated carbocycles. The second-order valence-corrected chi connectivity index (χ2v) is 5.92. The molecule has 126 valence electrons. The van der Waals surface area contributed by atoms with Gasteiger partial charge in [-0.2, -0.15) is 0 Å². The van der Waals surface area contributed by atoms with Gasteiger partial charge in [-0.15, -0.1) is 0 Å². The first-order valence-electron chi connectivity index (χ1n) is 8.48. The van der Waals surface area contributed by atoms with E-state index in [0.29, 0.717) is 12.8 Å². The Hall–Kier alpha value is -1.88. The fourth-order valence-corrected chi connectivity index (χ4v) is 2.85. The van der Waals surface area contributed by atoms with Crippen molar-refractivity contribution < 1.29 is 9.59 Å². The number of nitrogens with zero attached hydrogens (tertiary/aromatic N) is 2. The third kappa shape index (κ3) is 5.06. The van der Waals surface area contributed by atoms with Gasteiger partial charge in [0.2, 0.25) is 11.8 Å². The van der Waals surface area contributed by atoms with Crippen LogP contribution in [0.2, 0.25) is 0 Å². The maximum Gasteiger partial charge on any atom is 0.245 e. The van der Waals surface area contributed by atoms with E-state index >= 15 is 0 Å². The lowest BCUT2D eigenvalue weighted by atomic mass is 10.0. The Labute approximate surface area is 138 Å². The molecule has 5 nitrogen and oxygen atoms in total. The predicted octanol–water partition coefficient (Wildman–Crippen LogP) is 1.29. The number of rotatable bonds is 6. The van der Waals surface area contributed by atoms with Crippen LogP contribution in [0, 0.1) is 0 Å². The van der Waals surface area contributed by atoms with Gasteiger partial charge >= 0.3 is 0 Å². The normalized spacial score (nSPS) is 16.9. The first kappa shape index (κ1) is 17.5. The van der Waals surface area contributed by atoms with E-state index in [-0.39, 0.29) is 11.8 Å². The number of amides is 2. The van der Waals surface area contributed by atoms with Crippen LogP contribution in [0.15, 0.2) is 30.3 Å². The summed E-state index contributed by atoms with van der Waals surface area (Å²) in [6.07, 6.45) is 0.932. The largest absolute Gasteiger partial charge is 0.344 e. The summed E-state index contributed by atoms with van der Waals surface area (Å²) in [7, 11) is 0. The number of carbonyl (C=O) groups is 2. The average molecular weight is 317 g/mol. The zero-order valence-electron chi connectivity index (χ0n) is 14.1. The number of likely N-dealkylation sites (N-methyl/N-ethyl adjacent to an activating group) is 1. The van der Waals surface area contributed by atoms with Crippen LogP contribution in [-0.4, -0.2) is 60.4 Å². The van der Waals surface area contributed by atoms with Gasteiger partial charge in [0, 0.05) is 39.0 Å². The monoisotopic (exact) mass is 317 g/mol. The average Bonchev–Trinajstić information content (AvgIpc) is 2.61. The highest BCUT2D eigenvalue weighted by molar-refractivity contribution is 5.87. The molecule has 1 fully saturated rings. The summed E-state index contributed by atoms with van der Waals surface area (Å²) in [6.45, 7) is 8.24. The van der Waals surface area contributed by atoms with Crippen LogP contribution >= 0.6 is 0 Å². The molecule has 1 aromatic rings. The van der Waals surface area contributed by atoms with Crippen LogP contribution in [0.25, 0.3) is 0 Å². The second kappa shape index (κ2) is 8.67. The fourth-order valence-electron chi connectivity index (χ4n) is 2.85. The number of benzene rings is 1. The van der Waals surface area contributed by atoms with Gasteiger partial charge in [0.25, 0.3) is 0 Å². The minimum Gasteiger partial charge on any atom is -0.344 e. The van der Waals surface area contributed by atoms with Gasteiger partial charge in [0.15, 0.2) is 0 Å². The van der Waals surface area contributed by atoms with Gasteiger partial charge < -0.3 is 15.1 Å². The van der Waals surface area contributed by atoms with Gasteiger partial charge in [-0.25, -0.2) is 0 Å². The summed E-state index contributed by atoms with van der Waals surface area (Å²) in [5.41, 5.74) is 1.06. The molecule has 23 heavy (non-hydrogen) atoms. The number of piperazine rings is 1. The van der Waals surface area contributed by atoms with Crippen LogP contribution < -0.4 is 5.32 Å². The summed E-state index contributed by atoms with van der Waals surface area (Å²) in [4.78, 5) is 28.9. The van der Waals surface area contributed by atoms with Crippen LogP contribution in [0.3, 0.4) is 0 Å². The molecule has 1 aromatic carbocycles. The zero-order chi connectivity index (χ0) is 16.7. The summed E-state index contributed by atoms with van der Waals surface area (Å²) < 4.78 is 0. The van der Waals surface area contributed by atoms with E-state index in [1.165, 1.54) is 0 Å². The van der Waals surface area contributed by atoms with Crippen LogP contribution in [0.1, 0.15) is 25.8 Å². The van der Waals surface area contributed by atoms with Crippen molar-refractivity contribution in [1.29, 1.82) is 0 Å². The molecule has 5 heteroatoms. The number of nitrogens with one attached hydrogen (secondary N) is 1. The smallest absolute Gasteiger partial charge is 0.245 e. The van der Waals surface area contributed by atoms with Crippen molar-refractivity contribution in [1.82, 2.24) is 15.1 Å². The van der Waals surface area contributed by atoms with E-state index in [4.69, 9.17) is 0 Å². The highest BCUT2D eigenvalue weighted by Gasteiger charge is 2.28. The molecule has 0 aliphatic carbocycles. The van der Waals surface area contributed by atoms with Gasteiger partial charge in [-0.3, -0.25) is 9.59 Å². The molecule has 1 unspecified atom stereocenters. The molecule has 1 atom stereocenters. The molecule has 0 aromatic heterocycles. The highest BCUT2D eigenvalue weighted by Crippen LogP contribution is 2.09. The molecule has 2 rings (SSSR count). The lowest BCUT2D eigenvalue weighted by Crippen LogP contribution is -2.55. The summed E-state index contributed by atoms with van der Waals surface area (Å²) in [6, 6.07) is 9.38. The van der Waals surface area contributed by atoms with Gasteiger partial charge in [0.05, 0.1) is 0 Å². The van der Waals surface area contributed by atoms with E-state index in [1.54, 1.807) is 6.92 Å². The number of carbonyl (C=O) groups excluding carboxylic acids is 2. The highest BCUT2D eigenvalue weighted by atomic mass is 16.2. The quantitative estimate of drug-likeness (QED) is 0.860. The lowest BCUT2D eigenvalue weighted by Gasteiger charge is -2.36. The first-order chi connectivity index (χ1) is 11.1. The Morgan fingerprint density at radius 1 is 1.09 bits per heavy atom. The molecular weight excluding hydrogens is 290 g/mol. The van der Waals surface area contributed by atoms with Gasteiger partial charge in [0.1, 0.15) is 6.04 Å². The van der Waals surface area contributed by atoms with Crippen molar-refractivity contribution in [3.05, 3.63) is 35.9 Å². The molecular formula is C18H27N3O2. The Kier molecular flexibility index (Phi) is 6.59. The topological polar surface area (TPSA) is 52.7 Å². The molecule has 1 aliphatic heterocycles. The Balaban J connectivity index is 2.03. The van der Waals surface area contributed by atoms with Crippen LogP contribution in [0.5, 0.6) is 0 Å². The van der Waals surface area contributed by atoms with E-state index in [0.717, 1.165) is 38.3 Å². The van der Waals surface area contributed by atoms with Gasteiger partial charge in [-0.1, -0.05) is 44.2 Å². The maximum absolute atomic E-state index is 12.8. The van der Waals surface area contributed by atoms with Crippen LogP contribution in [0.4, 0.5) is 0 Å². The van der Waals surface area contributed by atoms with Crippen molar-refractivity contribution in [2.24, 2.45) is 0 Å². The van der Waals surface area contributed by atoms with E-state index < -0.39 is 6.04 Å². The Bertz CT molecular complexity index is 510. The van der Waals surface area contributed by atoms with E-state index in [1.807, 2.05) is 35.2 Å². The number of hydrogen-bond acceptors (Lipinski definition) is 3. The minimum absolute atomic E-state index is 0.0337. The second-order valence-electron chi connectivity index (χ2n) is 5.92. The van der Waals surface area contributed by atoms with Crippen molar-refractivity contribution in [3.63, 3.8) is 0 Å². The van der Waals surface area contributed by atoms with Crippen molar-refractivity contribution in [2.75, 3.05) is 32.7 Å². The van der Waals surface area contributed by atoms with Gasteiger partial charge in [-0.05, 0) is 12.1 Å². The summed E-state index contributed by atoms with van der Waals surface area (Å²) in [5.74, 6) is -0.0436. The fraction of sp³-hybridized carbons (Fsp3) is 0.556. The molecule has 0 radical (unpaired) electrons. The molecule has 1 N–H and O–H groups in total. The molecule has 1 heterocycles. The lowest BCUT2D eigenvalue weighted by molar-refractivity contribution is -0.137. The van der Waals surface area contributed by atoms with E-state index in [2.05, 4.69) is 17.1 Å². The summed E-state index contributed by atoms with van der Waals surface area (Å²) in [5, 5.41) is 2.89. The van der Waals surface area contributed by atoms with Crippen molar-refractivity contribution in [2.45, 2.75) is 32.7 Å². The third-order valence-electron chi connectivity index (χ3n) is 4.37. The maximum atomic E-state index is 12.8. The summed E-state index contributed by atoms with van der Waals surface area (Å²) >= 11 is 0. The molecule has 0 bridgehead atoms. The van der Waals surface area contributed by atoms with Crippen molar-refractivity contribution in [3.8, 4) is 0 Å². The molecule has 0 spiro atoms. The standard InChI is InChI=1S/C18H27N3O2/c1-3-17(22)19-16(14-15-8-6-5-7-9-15)18(23)21-12-10-20(4-2)11-13-21/h5-9,16H,3-4,10-14H2,1-2H3,(H,19,22). The first-order valence-corrected chi connectivity index (χ1v) is 8.48. The SMILES string of the molecule is CCC(=O)NC(Cc1ccccc1)C(=O)N1CCN(CC)CC1. The molecule has 1 aliphatic rings. The minimum atomic E-state index is -0.474. The van der Waals surface area contributed by atoms with E-state index in [9.17, 15) is 9.59 Å². The zero-order valence-corrected chi connectivity index (χ0v) is 14.1. The van der Waals surface area contributed by atoms with Crippen molar-refractivity contribution >= 4 is 11.8 Å². The Morgan fingerprint density at radius 3 is 2.30 bits per heavy atom.